The molecule has 4 rings (SSSR count). The molecule has 148 valence electrons. The van der Waals surface area contributed by atoms with Crippen LogP contribution >= 0.6 is 11.6 Å². The van der Waals surface area contributed by atoms with Crippen molar-refractivity contribution in [2.45, 2.75) is 57.8 Å². The molecule has 5 nitrogen and oxygen atoms in total. The number of rotatable bonds is 4. The summed E-state index contributed by atoms with van der Waals surface area (Å²) in [5.74, 6) is 0.292. The molecular weight excluding hydrogens is 374 g/mol. The second kappa shape index (κ2) is 8.00. The summed E-state index contributed by atoms with van der Waals surface area (Å²) < 4.78 is 1.87. The molecule has 6 heteroatoms. The van der Waals surface area contributed by atoms with Gasteiger partial charge in [0.2, 0.25) is 11.8 Å². The molecule has 0 spiro atoms. The molecule has 0 radical (unpaired) electrons. The summed E-state index contributed by atoms with van der Waals surface area (Å²) in [5, 5.41) is 3.85. The number of nitrogens with one attached hydrogen (secondary N) is 1. The van der Waals surface area contributed by atoms with Crippen LogP contribution in [0, 0.1) is 5.92 Å². The van der Waals surface area contributed by atoms with Gasteiger partial charge in [-0.2, -0.15) is 0 Å². The van der Waals surface area contributed by atoms with Gasteiger partial charge in [0.25, 0.3) is 0 Å². The average Bonchev–Trinajstić information content (AvgIpc) is 3.13. The van der Waals surface area contributed by atoms with Crippen molar-refractivity contribution in [3.05, 3.63) is 58.9 Å². The van der Waals surface area contributed by atoms with Crippen LogP contribution in [0.4, 0.5) is 0 Å². The Morgan fingerprint density at radius 3 is 2.75 bits per heavy atom. The predicted molar refractivity (Wildman–Crippen MR) is 109 cm³/mol. The van der Waals surface area contributed by atoms with Crippen molar-refractivity contribution in [3.8, 4) is 0 Å². The summed E-state index contributed by atoms with van der Waals surface area (Å²) >= 11 is 6.33. The van der Waals surface area contributed by atoms with Crippen molar-refractivity contribution >= 4 is 23.4 Å². The molecule has 28 heavy (non-hydrogen) atoms. The normalized spacial score (nSPS) is 24.7. The Morgan fingerprint density at radius 1 is 1.18 bits per heavy atom. The van der Waals surface area contributed by atoms with E-state index in [1.807, 2.05) is 47.2 Å². The number of aromatic nitrogens is 1. The van der Waals surface area contributed by atoms with E-state index in [-0.39, 0.29) is 24.4 Å². The second-order valence-corrected chi connectivity index (χ2v) is 8.36. The van der Waals surface area contributed by atoms with E-state index in [9.17, 15) is 9.59 Å². The first-order valence-corrected chi connectivity index (χ1v) is 10.4. The first kappa shape index (κ1) is 19.1. The smallest absolute Gasteiger partial charge is 0.249 e. The Bertz CT molecular complexity index is 878. The van der Waals surface area contributed by atoms with Crippen molar-refractivity contribution in [3.63, 3.8) is 0 Å². The molecule has 1 saturated carbocycles. The molecule has 3 atom stereocenters. The van der Waals surface area contributed by atoms with Gasteiger partial charge in [-0.25, -0.2) is 0 Å². The highest BCUT2D eigenvalue weighted by molar-refractivity contribution is 6.31. The molecule has 1 aromatic carbocycles. The van der Waals surface area contributed by atoms with E-state index in [4.69, 9.17) is 11.6 Å². The SMILES string of the molecule is C[C@@H]1CCCC[C@@H]1NC(=O)[C@@H]1c2cccn2CC(=O)N1Cc1ccccc1Cl. The predicted octanol–water partition coefficient (Wildman–Crippen LogP) is 3.92. The van der Waals surface area contributed by atoms with Crippen LogP contribution in [0.3, 0.4) is 0 Å². The van der Waals surface area contributed by atoms with Crippen molar-refractivity contribution in [1.82, 2.24) is 14.8 Å². The van der Waals surface area contributed by atoms with Crippen molar-refractivity contribution in [2.24, 2.45) is 5.92 Å². The first-order valence-electron chi connectivity index (χ1n) is 10.0. The second-order valence-electron chi connectivity index (χ2n) is 7.95. The van der Waals surface area contributed by atoms with Gasteiger partial charge in [0.1, 0.15) is 6.54 Å². The Morgan fingerprint density at radius 2 is 1.96 bits per heavy atom. The summed E-state index contributed by atoms with van der Waals surface area (Å²) in [6.07, 6.45) is 6.35. The van der Waals surface area contributed by atoms with Gasteiger partial charge >= 0.3 is 0 Å². The zero-order chi connectivity index (χ0) is 19.7. The van der Waals surface area contributed by atoms with Crippen LogP contribution in [-0.2, 0) is 22.7 Å². The van der Waals surface area contributed by atoms with Gasteiger partial charge in [-0.1, -0.05) is 49.6 Å². The molecule has 1 fully saturated rings. The summed E-state index contributed by atoms with van der Waals surface area (Å²) in [5.41, 5.74) is 1.70. The highest BCUT2D eigenvalue weighted by Gasteiger charge is 2.38. The van der Waals surface area contributed by atoms with E-state index in [0.717, 1.165) is 30.5 Å². The van der Waals surface area contributed by atoms with E-state index in [1.165, 1.54) is 6.42 Å². The fourth-order valence-electron chi connectivity index (χ4n) is 4.42. The minimum atomic E-state index is -0.637. The molecule has 2 amide bonds. The van der Waals surface area contributed by atoms with Gasteiger partial charge < -0.3 is 14.8 Å². The standard InChI is InChI=1S/C22H26ClN3O2/c1-15-7-2-5-10-18(15)24-22(28)21-19-11-6-12-25(19)14-20(27)26(21)13-16-8-3-4-9-17(16)23/h3-4,6,8-9,11-12,15,18,21H,2,5,7,10,13-14H2,1H3,(H,24,28)/t15-,18+,21+/m1/s1. The highest BCUT2D eigenvalue weighted by atomic mass is 35.5. The molecule has 2 aromatic rings. The molecular formula is C22H26ClN3O2. The van der Waals surface area contributed by atoms with Gasteiger partial charge in [0.15, 0.2) is 6.04 Å². The van der Waals surface area contributed by atoms with E-state index >= 15 is 0 Å². The van der Waals surface area contributed by atoms with E-state index < -0.39 is 6.04 Å². The zero-order valence-corrected chi connectivity index (χ0v) is 16.9. The fraction of sp³-hybridized carbons (Fsp3) is 0.455. The number of amides is 2. The van der Waals surface area contributed by atoms with Crippen LogP contribution in [-0.4, -0.2) is 27.3 Å². The van der Waals surface area contributed by atoms with Crippen LogP contribution in [0.5, 0.6) is 0 Å². The van der Waals surface area contributed by atoms with Gasteiger partial charge in [-0.05, 0) is 42.5 Å². The number of hydrogen-bond acceptors (Lipinski definition) is 2. The highest BCUT2D eigenvalue weighted by Crippen LogP contribution is 2.31. The van der Waals surface area contributed by atoms with Crippen molar-refractivity contribution in [2.75, 3.05) is 0 Å². The Kier molecular flexibility index (Phi) is 5.44. The zero-order valence-electron chi connectivity index (χ0n) is 16.1. The van der Waals surface area contributed by atoms with Crippen molar-refractivity contribution < 1.29 is 9.59 Å². The molecule has 2 heterocycles. The average molecular weight is 400 g/mol. The summed E-state index contributed by atoms with van der Waals surface area (Å²) in [7, 11) is 0. The number of carbonyl (C=O) groups excluding carboxylic acids is 2. The number of benzene rings is 1. The number of halogens is 1. The largest absolute Gasteiger partial charge is 0.351 e. The van der Waals surface area contributed by atoms with Crippen LogP contribution in [0.25, 0.3) is 0 Å². The number of fused-ring (bicyclic) bond motifs is 1. The van der Waals surface area contributed by atoms with Gasteiger partial charge in [-0.15, -0.1) is 0 Å². The van der Waals surface area contributed by atoms with E-state index in [0.29, 0.717) is 17.5 Å². The number of hydrogen-bond donors (Lipinski definition) is 1. The fourth-order valence-corrected chi connectivity index (χ4v) is 4.61. The maximum Gasteiger partial charge on any atom is 0.249 e. The lowest BCUT2D eigenvalue weighted by Gasteiger charge is -2.38. The van der Waals surface area contributed by atoms with Crippen LogP contribution in [0.1, 0.15) is 49.9 Å². The first-order chi connectivity index (χ1) is 13.5. The number of nitrogens with zero attached hydrogens (tertiary/aromatic N) is 2. The minimum Gasteiger partial charge on any atom is -0.351 e. The number of carbonyl (C=O) groups is 2. The van der Waals surface area contributed by atoms with E-state index in [2.05, 4.69) is 12.2 Å². The Labute approximate surface area is 170 Å². The summed E-state index contributed by atoms with van der Waals surface area (Å²) in [4.78, 5) is 27.9. The van der Waals surface area contributed by atoms with E-state index in [1.54, 1.807) is 4.90 Å². The summed E-state index contributed by atoms with van der Waals surface area (Å²) in [6.45, 7) is 2.76. The lowest BCUT2D eigenvalue weighted by molar-refractivity contribution is -0.145. The third-order valence-electron chi connectivity index (χ3n) is 6.07. The monoisotopic (exact) mass is 399 g/mol. The topological polar surface area (TPSA) is 54.3 Å². The van der Waals surface area contributed by atoms with Crippen molar-refractivity contribution in [1.29, 1.82) is 0 Å². The minimum absolute atomic E-state index is 0.0690. The third kappa shape index (κ3) is 3.68. The molecule has 1 aromatic heterocycles. The van der Waals surface area contributed by atoms with Gasteiger partial charge in [0, 0.05) is 23.8 Å². The van der Waals surface area contributed by atoms with Crippen LogP contribution in [0.2, 0.25) is 5.02 Å². The quantitative estimate of drug-likeness (QED) is 0.847. The van der Waals surface area contributed by atoms with Gasteiger partial charge in [0.05, 0.1) is 5.69 Å². The van der Waals surface area contributed by atoms with Crippen LogP contribution in [0.15, 0.2) is 42.6 Å². The summed E-state index contributed by atoms with van der Waals surface area (Å²) in [6, 6.07) is 10.8. The molecule has 0 bridgehead atoms. The van der Waals surface area contributed by atoms with Gasteiger partial charge in [-0.3, -0.25) is 9.59 Å². The maximum absolute atomic E-state index is 13.4. The Balaban J connectivity index is 1.63. The van der Waals surface area contributed by atoms with Crippen LogP contribution < -0.4 is 5.32 Å². The lowest BCUT2D eigenvalue weighted by atomic mass is 9.85. The lowest BCUT2D eigenvalue weighted by Crippen LogP contribution is -2.51. The molecule has 1 aliphatic carbocycles. The molecule has 0 saturated heterocycles. The Hall–Kier alpha value is -2.27. The third-order valence-corrected chi connectivity index (χ3v) is 6.44. The maximum atomic E-state index is 13.4. The molecule has 2 aliphatic rings. The molecule has 1 N–H and O–H groups in total. The molecule has 0 unspecified atom stereocenters. The molecule has 1 aliphatic heterocycles.